The van der Waals surface area contributed by atoms with Crippen molar-refractivity contribution in [2.24, 2.45) is 5.92 Å². The molecule has 1 atom stereocenters. The highest BCUT2D eigenvalue weighted by atomic mass is 32.1. The van der Waals surface area contributed by atoms with Crippen molar-refractivity contribution in [1.29, 1.82) is 0 Å². The van der Waals surface area contributed by atoms with Crippen molar-refractivity contribution < 1.29 is 14.6 Å². The third kappa shape index (κ3) is 4.34. The molecule has 0 saturated carbocycles. The second-order valence-corrected chi connectivity index (χ2v) is 7.17. The predicted octanol–water partition coefficient (Wildman–Crippen LogP) is 3.82. The number of aromatic nitrogens is 1. The maximum atomic E-state index is 11.6. The van der Waals surface area contributed by atoms with E-state index in [4.69, 9.17) is 4.74 Å². The summed E-state index contributed by atoms with van der Waals surface area (Å²) in [4.78, 5) is 16.9. The lowest BCUT2D eigenvalue weighted by Crippen LogP contribution is -2.35. The Morgan fingerprint density at radius 3 is 2.82 bits per heavy atom. The topological polar surface area (TPSA) is 71.5 Å². The first-order valence-corrected chi connectivity index (χ1v) is 8.12. The van der Waals surface area contributed by atoms with Crippen molar-refractivity contribution in [3.05, 3.63) is 34.0 Å². The van der Waals surface area contributed by atoms with Crippen LogP contribution in [0.2, 0.25) is 0 Å². The van der Waals surface area contributed by atoms with Gasteiger partial charge in [-0.1, -0.05) is 6.08 Å². The molecule has 5 nitrogen and oxygen atoms in total. The molecule has 1 amide bonds. The molecule has 2 rings (SSSR count). The Balaban J connectivity index is 1.92. The number of hydrogen-bond donors (Lipinski definition) is 2. The fourth-order valence-corrected chi connectivity index (χ4v) is 2.99. The molecule has 120 valence electrons. The van der Waals surface area contributed by atoms with Crippen molar-refractivity contribution in [1.82, 2.24) is 10.3 Å². The quantitative estimate of drug-likeness (QED) is 0.887. The summed E-state index contributed by atoms with van der Waals surface area (Å²) in [5.74, 6) is 0.158. The highest BCUT2D eigenvalue weighted by Crippen LogP contribution is 2.31. The van der Waals surface area contributed by atoms with Gasteiger partial charge in [0, 0.05) is 12.5 Å². The van der Waals surface area contributed by atoms with Crippen molar-refractivity contribution in [2.75, 3.05) is 6.54 Å². The van der Waals surface area contributed by atoms with E-state index in [1.54, 1.807) is 22.9 Å². The number of hydrogen-bond acceptors (Lipinski definition) is 5. The molecule has 0 aliphatic heterocycles. The molecule has 22 heavy (non-hydrogen) atoms. The van der Waals surface area contributed by atoms with Crippen molar-refractivity contribution >= 4 is 23.0 Å². The van der Waals surface area contributed by atoms with Crippen LogP contribution in [0.1, 0.15) is 37.8 Å². The highest BCUT2D eigenvalue weighted by molar-refractivity contribution is 7.11. The first-order valence-electron chi connectivity index (χ1n) is 7.24. The zero-order chi connectivity index (χ0) is 16.3. The van der Waals surface area contributed by atoms with Gasteiger partial charge in [0.05, 0.1) is 21.8 Å². The summed E-state index contributed by atoms with van der Waals surface area (Å²) >= 11 is 1.56. The molecular formula is C16H22N2O3S. The second kappa shape index (κ2) is 6.52. The van der Waals surface area contributed by atoms with Crippen LogP contribution in [0.15, 0.2) is 23.4 Å². The maximum absolute atomic E-state index is 11.6. The van der Waals surface area contributed by atoms with Crippen molar-refractivity contribution in [2.45, 2.75) is 39.7 Å². The molecule has 1 aromatic rings. The van der Waals surface area contributed by atoms with E-state index in [9.17, 15) is 9.90 Å². The first-order chi connectivity index (χ1) is 10.3. The average Bonchev–Trinajstić information content (AvgIpc) is 2.81. The minimum absolute atomic E-state index is 0.121. The number of allylic oxidation sites excluding steroid dienone is 3. The van der Waals surface area contributed by atoms with Gasteiger partial charge in [-0.2, -0.15) is 0 Å². The van der Waals surface area contributed by atoms with Gasteiger partial charge < -0.3 is 15.2 Å². The lowest BCUT2D eigenvalue weighted by molar-refractivity contribution is 0.0519. The van der Waals surface area contributed by atoms with Gasteiger partial charge >= 0.3 is 6.09 Å². The number of nitrogens with zero attached hydrogens (tertiary/aromatic N) is 1. The summed E-state index contributed by atoms with van der Waals surface area (Å²) in [5, 5.41) is 12.9. The zero-order valence-electron chi connectivity index (χ0n) is 13.3. The van der Waals surface area contributed by atoms with Gasteiger partial charge in [-0.05, 0) is 45.8 Å². The van der Waals surface area contributed by atoms with E-state index < -0.39 is 11.7 Å². The largest absolute Gasteiger partial charge is 0.512 e. The van der Waals surface area contributed by atoms with Crippen molar-refractivity contribution in [3.63, 3.8) is 0 Å². The van der Waals surface area contributed by atoms with Gasteiger partial charge in [-0.15, -0.1) is 11.3 Å². The SMILES string of the molecule is Cc1ncsc1C1=CCC(CNC(=O)OC(C)(C)C)C(O)=C1. The molecule has 1 heterocycles. The van der Waals surface area contributed by atoms with Crippen LogP contribution in [0.5, 0.6) is 0 Å². The van der Waals surface area contributed by atoms with E-state index in [0.717, 1.165) is 16.1 Å². The molecule has 0 fully saturated rings. The molecule has 1 aromatic heterocycles. The summed E-state index contributed by atoms with van der Waals surface area (Å²) in [7, 11) is 0. The van der Waals surface area contributed by atoms with Crippen LogP contribution in [0.4, 0.5) is 4.79 Å². The van der Waals surface area contributed by atoms with Crippen LogP contribution in [0.25, 0.3) is 5.57 Å². The van der Waals surface area contributed by atoms with Crippen LogP contribution < -0.4 is 5.32 Å². The van der Waals surface area contributed by atoms with Gasteiger partial charge in [0.25, 0.3) is 0 Å². The Hall–Kier alpha value is -1.82. The van der Waals surface area contributed by atoms with Crippen LogP contribution in [-0.4, -0.2) is 28.3 Å². The van der Waals surface area contributed by atoms with Crippen molar-refractivity contribution in [3.8, 4) is 0 Å². The summed E-state index contributed by atoms with van der Waals surface area (Å²) in [6.45, 7) is 7.75. The lowest BCUT2D eigenvalue weighted by atomic mass is 9.93. The van der Waals surface area contributed by atoms with Crippen LogP contribution >= 0.6 is 11.3 Å². The number of aliphatic hydroxyl groups is 1. The van der Waals surface area contributed by atoms with Crippen LogP contribution in [0, 0.1) is 12.8 Å². The molecule has 0 bridgehead atoms. The van der Waals surface area contributed by atoms with E-state index in [0.29, 0.717) is 13.0 Å². The fourth-order valence-electron chi connectivity index (χ4n) is 2.17. The second-order valence-electron chi connectivity index (χ2n) is 6.31. The summed E-state index contributed by atoms with van der Waals surface area (Å²) < 4.78 is 5.19. The number of nitrogens with one attached hydrogen (secondary N) is 1. The Labute approximate surface area is 134 Å². The molecule has 0 aromatic carbocycles. The van der Waals surface area contributed by atoms with E-state index in [2.05, 4.69) is 16.4 Å². The number of amides is 1. The lowest BCUT2D eigenvalue weighted by Gasteiger charge is -2.23. The highest BCUT2D eigenvalue weighted by Gasteiger charge is 2.22. The number of rotatable bonds is 3. The molecule has 1 aliphatic carbocycles. The standard InChI is InChI=1S/C16H22N2O3S/c1-10-14(22-9-18-10)11-5-6-12(13(19)7-11)8-17-15(20)21-16(2,3)4/h5,7,9,12,19H,6,8H2,1-4H3,(H,17,20). The molecule has 1 unspecified atom stereocenters. The summed E-state index contributed by atoms with van der Waals surface area (Å²) in [5.41, 5.74) is 3.23. The Morgan fingerprint density at radius 1 is 1.55 bits per heavy atom. The molecule has 0 saturated heterocycles. The van der Waals surface area contributed by atoms with E-state index in [1.807, 2.05) is 27.7 Å². The number of carbonyl (C=O) groups excluding carboxylic acids is 1. The third-order valence-corrected chi connectivity index (χ3v) is 4.22. The van der Waals surface area contributed by atoms with Gasteiger partial charge in [0.15, 0.2) is 0 Å². The molecular weight excluding hydrogens is 300 g/mol. The van der Waals surface area contributed by atoms with Crippen LogP contribution in [-0.2, 0) is 4.74 Å². The van der Waals surface area contributed by atoms with Gasteiger partial charge in [-0.3, -0.25) is 0 Å². The van der Waals surface area contributed by atoms with Gasteiger partial charge in [0.1, 0.15) is 5.60 Å². The molecule has 0 radical (unpaired) electrons. The third-order valence-electron chi connectivity index (χ3n) is 3.24. The summed E-state index contributed by atoms with van der Waals surface area (Å²) in [6.07, 6.45) is 4.03. The minimum Gasteiger partial charge on any atom is -0.512 e. The Kier molecular flexibility index (Phi) is 4.90. The number of aliphatic hydroxyl groups excluding tert-OH is 1. The molecule has 2 N–H and O–H groups in total. The molecule has 0 spiro atoms. The smallest absolute Gasteiger partial charge is 0.407 e. The van der Waals surface area contributed by atoms with E-state index in [-0.39, 0.29) is 11.7 Å². The molecule has 1 aliphatic rings. The number of alkyl carbamates (subject to hydrolysis) is 1. The first kappa shape index (κ1) is 16.5. The predicted molar refractivity (Wildman–Crippen MR) is 87.9 cm³/mol. The average molecular weight is 322 g/mol. The number of thiazole rings is 1. The van der Waals surface area contributed by atoms with E-state index >= 15 is 0 Å². The number of ether oxygens (including phenoxy) is 1. The van der Waals surface area contributed by atoms with E-state index in [1.165, 1.54) is 0 Å². The fraction of sp³-hybridized carbons (Fsp3) is 0.500. The van der Waals surface area contributed by atoms with Gasteiger partial charge in [-0.25, -0.2) is 9.78 Å². The van der Waals surface area contributed by atoms with Gasteiger partial charge in [0.2, 0.25) is 0 Å². The number of carbonyl (C=O) groups is 1. The Morgan fingerprint density at radius 2 is 2.27 bits per heavy atom. The minimum atomic E-state index is -0.523. The summed E-state index contributed by atoms with van der Waals surface area (Å²) in [6, 6.07) is 0. The molecule has 6 heteroatoms. The maximum Gasteiger partial charge on any atom is 0.407 e. The normalized spacial score (nSPS) is 18.5. The zero-order valence-corrected chi connectivity index (χ0v) is 14.2. The Bertz CT molecular complexity index is 611. The monoisotopic (exact) mass is 322 g/mol. The van der Waals surface area contributed by atoms with Crippen LogP contribution in [0.3, 0.4) is 0 Å². The number of aryl methyl sites for hydroxylation is 1.